The Bertz CT molecular complexity index is 435. The quantitative estimate of drug-likeness (QED) is 0.727. The summed E-state index contributed by atoms with van der Waals surface area (Å²) in [4.78, 5) is 21.5. The van der Waals surface area contributed by atoms with Crippen LogP contribution in [0.1, 0.15) is 21.5 Å². The normalized spacial score (nSPS) is 10.5. The van der Waals surface area contributed by atoms with Gasteiger partial charge in [-0.3, -0.25) is 4.79 Å². The van der Waals surface area contributed by atoms with Gasteiger partial charge in [0.2, 0.25) is 5.91 Å². The molecule has 1 aromatic rings. The maximum atomic E-state index is 10.9. The third-order valence-corrected chi connectivity index (χ3v) is 1.95. The van der Waals surface area contributed by atoms with Crippen molar-refractivity contribution in [3.8, 4) is 0 Å². The fourth-order valence-electron chi connectivity index (χ4n) is 1.29. The average Bonchev–Trinajstić information content (AvgIpc) is 2.13. The topological polar surface area (TPSA) is 80.4 Å². The van der Waals surface area contributed by atoms with Crippen LogP contribution in [-0.2, 0) is 4.79 Å². The molecule has 78 valence electrons. The van der Waals surface area contributed by atoms with Gasteiger partial charge >= 0.3 is 5.97 Å². The number of hydrogen-bond donors (Lipinski definition) is 2. The Labute approximate surface area is 87.0 Å². The van der Waals surface area contributed by atoms with Gasteiger partial charge in [-0.2, -0.15) is 0 Å². The van der Waals surface area contributed by atoms with Crippen LogP contribution in [0.3, 0.4) is 0 Å². The van der Waals surface area contributed by atoms with Crippen LogP contribution in [0, 0.1) is 6.92 Å². The summed E-state index contributed by atoms with van der Waals surface area (Å²) in [6, 6.07) is 5.05. The monoisotopic (exact) mass is 205 g/mol. The number of carboxylic acids is 1. The summed E-state index contributed by atoms with van der Waals surface area (Å²) in [6.07, 6.45) is 2.54. The van der Waals surface area contributed by atoms with E-state index >= 15 is 0 Å². The molecular formula is C11H11NO3. The van der Waals surface area contributed by atoms with Gasteiger partial charge in [0.15, 0.2) is 0 Å². The van der Waals surface area contributed by atoms with Gasteiger partial charge in [-0.05, 0) is 24.1 Å². The molecule has 0 heterocycles. The molecule has 1 rings (SSSR count). The molecule has 0 aliphatic carbocycles. The minimum atomic E-state index is -1.02. The number of aryl methyl sites for hydroxylation is 1. The van der Waals surface area contributed by atoms with Crippen LogP contribution in [-0.4, -0.2) is 17.0 Å². The maximum absolute atomic E-state index is 10.9. The molecule has 15 heavy (non-hydrogen) atoms. The maximum Gasteiger partial charge on any atom is 0.336 e. The second kappa shape index (κ2) is 4.41. The molecule has 0 saturated carbocycles. The molecule has 4 nitrogen and oxygen atoms in total. The van der Waals surface area contributed by atoms with Gasteiger partial charge in [0, 0.05) is 6.08 Å². The Kier molecular flexibility index (Phi) is 3.23. The summed E-state index contributed by atoms with van der Waals surface area (Å²) in [5.41, 5.74) is 6.24. The zero-order valence-electron chi connectivity index (χ0n) is 8.23. The van der Waals surface area contributed by atoms with E-state index in [4.69, 9.17) is 10.8 Å². The number of aromatic carboxylic acids is 1. The van der Waals surface area contributed by atoms with Crippen molar-refractivity contribution < 1.29 is 14.7 Å². The molecule has 0 bridgehead atoms. The molecule has 0 spiro atoms. The van der Waals surface area contributed by atoms with Crippen molar-refractivity contribution >= 4 is 18.0 Å². The van der Waals surface area contributed by atoms with Crippen LogP contribution in [0.15, 0.2) is 24.3 Å². The zero-order valence-corrected chi connectivity index (χ0v) is 8.23. The fourth-order valence-corrected chi connectivity index (χ4v) is 1.29. The highest BCUT2D eigenvalue weighted by molar-refractivity contribution is 5.96. The molecular weight excluding hydrogens is 194 g/mol. The minimum absolute atomic E-state index is 0.190. The van der Waals surface area contributed by atoms with E-state index < -0.39 is 11.9 Å². The van der Waals surface area contributed by atoms with Gasteiger partial charge in [0.05, 0.1) is 5.56 Å². The SMILES string of the molecule is Cc1cccc(C=CC(N)=O)c1C(=O)O. The summed E-state index contributed by atoms with van der Waals surface area (Å²) in [5, 5.41) is 8.96. The van der Waals surface area contributed by atoms with Gasteiger partial charge in [-0.15, -0.1) is 0 Å². The summed E-state index contributed by atoms with van der Waals surface area (Å²) in [6.45, 7) is 1.70. The second-order valence-electron chi connectivity index (χ2n) is 3.08. The number of amides is 1. The Balaban J connectivity index is 3.23. The largest absolute Gasteiger partial charge is 0.478 e. The van der Waals surface area contributed by atoms with Gasteiger partial charge < -0.3 is 10.8 Å². The number of primary amides is 1. The Morgan fingerprint density at radius 3 is 2.60 bits per heavy atom. The number of hydrogen-bond acceptors (Lipinski definition) is 2. The number of benzene rings is 1. The van der Waals surface area contributed by atoms with Gasteiger partial charge in [0.1, 0.15) is 0 Å². The minimum Gasteiger partial charge on any atom is -0.478 e. The average molecular weight is 205 g/mol. The lowest BCUT2D eigenvalue weighted by atomic mass is 10.0. The molecule has 4 heteroatoms. The van der Waals surface area contributed by atoms with Crippen molar-refractivity contribution in [3.63, 3.8) is 0 Å². The van der Waals surface area contributed by atoms with E-state index in [-0.39, 0.29) is 5.56 Å². The zero-order chi connectivity index (χ0) is 11.4. The predicted octanol–water partition coefficient (Wildman–Crippen LogP) is 1.19. The van der Waals surface area contributed by atoms with Crippen LogP contribution >= 0.6 is 0 Å². The van der Waals surface area contributed by atoms with Crippen LogP contribution in [0.2, 0.25) is 0 Å². The first kappa shape index (κ1) is 11.0. The molecule has 3 N–H and O–H groups in total. The van der Waals surface area contributed by atoms with Crippen molar-refractivity contribution in [1.29, 1.82) is 0 Å². The molecule has 0 saturated heterocycles. The smallest absolute Gasteiger partial charge is 0.336 e. The lowest BCUT2D eigenvalue weighted by Gasteiger charge is -2.04. The van der Waals surface area contributed by atoms with Crippen LogP contribution in [0.4, 0.5) is 0 Å². The van der Waals surface area contributed by atoms with E-state index in [9.17, 15) is 9.59 Å². The number of nitrogens with two attached hydrogens (primary N) is 1. The van der Waals surface area contributed by atoms with E-state index in [0.717, 1.165) is 6.08 Å². The summed E-state index contributed by atoms with van der Waals surface area (Å²) in [7, 11) is 0. The van der Waals surface area contributed by atoms with Crippen molar-refractivity contribution in [2.24, 2.45) is 5.73 Å². The standard InChI is InChI=1S/C11H11NO3/c1-7-3-2-4-8(5-6-9(12)13)10(7)11(14)15/h2-6H,1H3,(H2,12,13)(H,14,15). The number of carboxylic acid groups (broad SMARTS) is 1. The van der Waals surface area contributed by atoms with Crippen molar-refractivity contribution in [2.75, 3.05) is 0 Å². The third kappa shape index (κ3) is 2.67. The molecule has 0 aliphatic heterocycles. The number of rotatable bonds is 3. The second-order valence-corrected chi connectivity index (χ2v) is 3.08. The molecule has 0 unspecified atom stereocenters. The van der Waals surface area contributed by atoms with Gasteiger partial charge in [-0.25, -0.2) is 4.79 Å². The lowest BCUT2D eigenvalue weighted by molar-refractivity contribution is -0.113. The lowest BCUT2D eigenvalue weighted by Crippen LogP contribution is -2.06. The first-order valence-corrected chi connectivity index (χ1v) is 4.33. The van der Waals surface area contributed by atoms with E-state index in [0.29, 0.717) is 11.1 Å². The highest BCUT2D eigenvalue weighted by Crippen LogP contribution is 2.15. The Hall–Kier alpha value is -2.10. The van der Waals surface area contributed by atoms with Gasteiger partial charge in [-0.1, -0.05) is 18.2 Å². The first-order chi connectivity index (χ1) is 7.02. The summed E-state index contributed by atoms with van der Waals surface area (Å²) >= 11 is 0. The van der Waals surface area contributed by atoms with Gasteiger partial charge in [0.25, 0.3) is 0 Å². The number of carbonyl (C=O) groups is 2. The Morgan fingerprint density at radius 2 is 2.07 bits per heavy atom. The van der Waals surface area contributed by atoms with Crippen molar-refractivity contribution in [1.82, 2.24) is 0 Å². The van der Waals surface area contributed by atoms with Crippen LogP contribution < -0.4 is 5.73 Å². The van der Waals surface area contributed by atoms with Crippen LogP contribution in [0.25, 0.3) is 6.08 Å². The molecule has 1 amide bonds. The highest BCUT2D eigenvalue weighted by atomic mass is 16.4. The fraction of sp³-hybridized carbons (Fsp3) is 0.0909. The summed E-state index contributed by atoms with van der Waals surface area (Å²) < 4.78 is 0. The van der Waals surface area contributed by atoms with E-state index in [2.05, 4.69) is 0 Å². The molecule has 0 radical (unpaired) electrons. The predicted molar refractivity (Wildman–Crippen MR) is 56.4 cm³/mol. The Morgan fingerprint density at radius 1 is 1.40 bits per heavy atom. The molecule has 0 atom stereocenters. The molecule has 0 aromatic heterocycles. The van der Waals surface area contributed by atoms with Crippen molar-refractivity contribution in [2.45, 2.75) is 6.92 Å². The van der Waals surface area contributed by atoms with E-state index in [1.807, 2.05) is 0 Å². The summed E-state index contributed by atoms with van der Waals surface area (Å²) in [5.74, 6) is -1.62. The van der Waals surface area contributed by atoms with E-state index in [1.165, 1.54) is 6.08 Å². The number of carbonyl (C=O) groups excluding carboxylic acids is 1. The van der Waals surface area contributed by atoms with Crippen LogP contribution in [0.5, 0.6) is 0 Å². The molecule has 0 aliphatic rings. The first-order valence-electron chi connectivity index (χ1n) is 4.33. The third-order valence-electron chi connectivity index (χ3n) is 1.95. The molecule has 0 fully saturated rings. The van der Waals surface area contributed by atoms with Crippen molar-refractivity contribution in [3.05, 3.63) is 41.0 Å². The highest BCUT2D eigenvalue weighted by Gasteiger charge is 2.10. The molecule has 1 aromatic carbocycles. The van der Waals surface area contributed by atoms with E-state index in [1.54, 1.807) is 25.1 Å².